The zero-order valence-electron chi connectivity index (χ0n) is 13.2. The van der Waals surface area contributed by atoms with E-state index in [0.29, 0.717) is 12.4 Å². The van der Waals surface area contributed by atoms with Gasteiger partial charge in [0.25, 0.3) is 0 Å². The molecule has 0 aliphatic rings. The van der Waals surface area contributed by atoms with Crippen LogP contribution in [-0.2, 0) is 11.3 Å². The lowest BCUT2D eigenvalue weighted by molar-refractivity contribution is 0.00549. The lowest BCUT2D eigenvalue weighted by Crippen LogP contribution is -2.23. The Kier molecular flexibility index (Phi) is 5.55. The Labute approximate surface area is 140 Å². The van der Waals surface area contributed by atoms with Crippen molar-refractivity contribution in [2.75, 3.05) is 13.2 Å². The molecule has 0 amide bonds. The molecule has 24 heavy (non-hydrogen) atoms. The molecule has 0 saturated heterocycles. The Morgan fingerprint density at radius 2 is 1.92 bits per heavy atom. The van der Waals surface area contributed by atoms with Crippen molar-refractivity contribution in [2.24, 2.45) is 0 Å². The second kappa shape index (κ2) is 8.24. The first-order valence-electron chi connectivity index (χ1n) is 7.70. The summed E-state index contributed by atoms with van der Waals surface area (Å²) in [6, 6.07) is 17.3. The van der Waals surface area contributed by atoms with Gasteiger partial charge in [0, 0.05) is 6.07 Å². The molecule has 6 nitrogen and oxygen atoms in total. The van der Waals surface area contributed by atoms with Gasteiger partial charge >= 0.3 is 0 Å². The molecule has 0 aliphatic heterocycles. The van der Waals surface area contributed by atoms with Gasteiger partial charge in [-0.1, -0.05) is 41.6 Å². The first-order valence-corrected chi connectivity index (χ1v) is 7.70. The van der Waals surface area contributed by atoms with Crippen LogP contribution in [0.4, 0.5) is 0 Å². The summed E-state index contributed by atoms with van der Waals surface area (Å²) in [5.41, 5.74) is 1.92. The Bertz CT molecular complexity index is 732. The number of nitrogens with zero attached hydrogens (tertiary/aromatic N) is 3. The molecule has 1 aromatic heterocycles. The van der Waals surface area contributed by atoms with Crippen molar-refractivity contribution in [3.05, 3.63) is 72.6 Å². The van der Waals surface area contributed by atoms with Gasteiger partial charge < -0.3 is 14.6 Å². The van der Waals surface area contributed by atoms with E-state index in [1.807, 2.05) is 54.6 Å². The minimum atomic E-state index is -0.691. The van der Waals surface area contributed by atoms with Crippen molar-refractivity contribution in [3.63, 3.8) is 0 Å². The van der Waals surface area contributed by atoms with Crippen LogP contribution in [0.3, 0.4) is 0 Å². The standard InChI is InChI=1S/C18H19N3O3/c22-17(13-23-12-15-5-2-1-3-6-15)14-24-18-8-4-7-16(11-18)21-10-9-19-20-21/h1-11,17,22H,12-14H2/t17-/m1/s1. The van der Waals surface area contributed by atoms with E-state index >= 15 is 0 Å². The van der Waals surface area contributed by atoms with Crippen LogP contribution >= 0.6 is 0 Å². The van der Waals surface area contributed by atoms with Crippen molar-refractivity contribution in [3.8, 4) is 11.4 Å². The highest BCUT2D eigenvalue weighted by Gasteiger charge is 2.07. The van der Waals surface area contributed by atoms with E-state index in [1.54, 1.807) is 17.1 Å². The van der Waals surface area contributed by atoms with E-state index in [-0.39, 0.29) is 13.2 Å². The van der Waals surface area contributed by atoms with Crippen molar-refractivity contribution in [2.45, 2.75) is 12.7 Å². The van der Waals surface area contributed by atoms with Crippen molar-refractivity contribution < 1.29 is 14.6 Å². The number of aliphatic hydroxyl groups is 1. The van der Waals surface area contributed by atoms with Crippen LogP contribution in [0.25, 0.3) is 5.69 Å². The fourth-order valence-corrected chi connectivity index (χ4v) is 2.19. The van der Waals surface area contributed by atoms with Crippen LogP contribution in [-0.4, -0.2) is 39.4 Å². The third kappa shape index (κ3) is 4.65. The molecule has 6 heteroatoms. The number of hydrogen-bond acceptors (Lipinski definition) is 5. The van der Waals surface area contributed by atoms with E-state index in [1.165, 1.54) is 0 Å². The Hall–Kier alpha value is -2.70. The summed E-state index contributed by atoms with van der Waals surface area (Å²) >= 11 is 0. The van der Waals surface area contributed by atoms with Crippen LogP contribution in [0, 0.1) is 0 Å². The van der Waals surface area contributed by atoms with Gasteiger partial charge in [-0.15, -0.1) is 5.10 Å². The zero-order chi connectivity index (χ0) is 16.6. The second-order valence-corrected chi connectivity index (χ2v) is 5.31. The first kappa shape index (κ1) is 16.2. The number of aromatic nitrogens is 3. The van der Waals surface area contributed by atoms with Gasteiger partial charge in [-0.25, -0.2) is 4.68 Å². The van der Waals surface area contributed by atoms with Gasteiger partial charge in [-0.3, -0.25) is 0 Å². The van der Waals surface area contributed by atoms with Gasteiger partial charge in [0.2, 0.25) is 0 Å². The van der Waals surface area contributed by atoms with Gasteiger partial charge in [-0.05, 0) is 17.7 Å². The molecule has 1 heterocycles. The summed E-state index contributed by atoms with van der Waals surface area (Å²) in [5, 5.41) is 17.7. The van der Waals surface area contributed by atoms with Crippen LogP contribution < -0.4 is 4.74 Å². The third-order valence-electron chi connectivity index (χ3n) is 3.37. The molecule has 0 saturated carbocycles. The second-order valence-electron chi connectivity index (χ2n) is 5.31. The van der Waals surface area contributed by atoms with E-state index in [9.17, 15) is 5.11 Å². The molecule has 3 rings (SSSR count). The third-order valence-corrected chi connectivity index (χ3v) is 3.37. The average Bonchev–Trinajstić information content (AvgIpc) is 3.16. The molecule has 1 atom stereocenters. The fourth-order valence-electron chi connectivity index (χ4n) is 2.19. The van der Waals surface area contributed by atoms with Crippen LogP contribution in [0.15, 0.2) is 67.0 Å². The number of ether oxygens (including phenoxy) is 2. The van der Waals surface area contributed by atoms with E-state index in [2.05, 4.69) is 10.3 Å². The van der Waals surface area contributed by atoms with Gasteiger partial charge in [0.15, 0.2) is 0 Å². The summed E-state index contributed by atoms with van der Waals surface area (Å²) in [6.45, 7) is 0.854. The van der Waals surface area contributed by atoms with Gasteiger partial charge in [0.05, 0.1) is 31.3 Å². The van der Waals surface area contributed by atoms with E-state index in [0.717, 1.165) is 11.3 Å². The molecule has 0 bridgehead atoms. The highest BCUT2D eigenvalue weighted by Crippen LogP contribution is 2.16. The molecule has 1 N–H and O–H groups in total. The van der Waals surface area contributed by atoms with Crippen molar-refractivity contribution in [1.82, 2.24) is 15.0 Å². The molecule has 0 radical (unpaired) electrons. The number of rotatable bonds is 8. The van der Waals surface area contributed by atoms with Crippen LogP contribution in [0.2, 0.25) is 0 Å². The van der Waals surface area contributed by atoms with Crippen LogP contribution in [0.1, 0.15) is 5.56 Å². The maximum absolute atomic E-state index is 9.96. The predicted molar refractivity (Wildman–Crippen MR) is 89.0 cm³/mol. The number of hydrogen-bond donors (Lipinski definition) is 1. The minimum absolute atomic E-state index is 0.162. The predicted octanol–water partition coefficient (Wildman–Crippen LogP) is 2.22. The average molecular weight is 325 g/mol. The number of aliphatic hydroxyl groups excluding tert-OH is 1. The largest absolute Gasteiger partial charge is 0.491 e. The number of benzene rings is 2. The molecule has 3 aromatic rings. The molecule has 0 unspecified atom stereocenters. The van der Waals surface area contributed by atoms with Gasteiger partial charge in [0.1, 0.15) is 18.5 Å². The summed E-state index contributed by atoms with van der Waals surface area (Å²) in [5.74, 6) is 0.658. The first-order chi connectivity index (χ1) is 11.8. The SMILES string of the molecule is O[C@H](COCc1ccccc1)COc1cccc(-n2ccnn2)c1. The monoisotopic (exact) mass is 325 g/mol. The lowest BCUT2D eigenvalue weighted by atomic mass is 10.2. The maximum Gasteiger partial charge on any atom is 0.121 e. The molecular weight excluding hydrogens is 306 g/mol. The van der Waals surface area contributed by atoms with E-state index < -0.39 is 6.10 Å². The molecule has 0 fully saturated rings. The normalized spacial score (nSPS) is 12.0. The van der Waals surface area contributed by atoms with Gasteiger partial charge in [-0.2, -0.15) is 0 Å². The van der Waals surface area contributed by atoms with E-state index in [4.69, 9.17) is 9.47 Å². The Morgan fingerprint density at radius 1 is 1.04 bits per heavy atom. The quantitative estimate of drug-likeness (QED) is 0.688. The minimum Gasteiger partial charge on any atom is -0.491 e. The maximum atomic E-state index is 9.96. The summed E-state index contributed by atoms with van der Waals surface area (Å²) < 4.78 is 12.8. The summed E-state index contributed by atoms with van der Waals surface area (Å²) in [6.07, 6.45) is 2.68. The molecule has 0 aliphatic carbocycles. The fraction of sp³-hybridized carbons (Fsp3) is 0.222. The van der Waals surface area contributed by atoms with Crippen LogP contribution in [0.5, 0.6) is 5.75 Å². The summed E-state index contributed by atoms with van der Waals surface area (Å²) in [7, 11) is 0. The molecular formula is C18H19N3O3. The molecule has 0 spiro atoms. The zero-order valence-corrected chi connectivity index (χ0v) is 13.2. The Balaban J connectivity index is 1.44. The summed E-state index contributed by atoms with van der Waals surface area (Å²) in [4.78, 5) is 0. The Morgan fingerprint density at radius 3 is 2.71 bits per heavy atom. The van der Waals surface area contributed by atoms with Crippen molar-refractivity contribution >= 4 is 0 Å². The smallest absolute Gasteiger partial charge is 0.121 e. The lowest BCUT2D eigenvalue weighted by Gasteiger charge is -2.13. The van der Waals surface area contributed by atoms with Crippen molar-refractivity contribution in [1.29, 1.82) is 0 Å². The highest BCUT2D eigenvalue weighted by molar-refractivity contribution is 5.38. The molecule has 2 aromatic carbocycles. The highest BCUT2D eigenvalue weighted by atomic mass is 16.5. The topological polar surface area (TPSA) is 69.4 Å². The molecule has 124 valence electrons.